The van der Waals surface area contributed by atoms with Crippen LogP contribution in [-0.2, 0) is 20.8 Å². The average Bonchev–Trinajstić information content (AvgIpc) is 3.05. The summed E-state index contributed by atoms with van der Waals surface area (Å²) >= 11 is 6.71. The number of carboxylic acids is 2. The van der Waals surface area contributed by atoms with Crippen molar-refractivity contribution in [1.29, 1.82) is 0 Å². The fourth-order valence-corrected chi connectivity index (χ4v) is 5.43. The van der Waals surface area contributed by atoms with Crippen molar-refractivity contribution in [2.45, 2.75) is 46.1 Å². The van der Waals surface area contributed by atoms with E-state index in [1.165, 1.54) is 0 Å². The second-order valence-corrected chi connectivity index (χ2v) is 11.6. The third-order valence-electron chi connectivity index (χ3n) is 7.45. The number of nitrogens with one attached hydrogen (secondary N) is 2. The standard InChI is InChI=1S/C26H28Br2N2O6/c1-25(2)18(10-11-26(25,3)24(35)36)22(32)30-20(23(33)34)12-14-4-7-16(8-5-14)29-21(31)17-13-15(27)6-9-19(17)28/h4-9,13,18,20H,10-12H2,1-3H3,(H,29,31)(H,30,32)(H,33,34)(H,35,36)/t18-,20+,26+/m1/s1. The van der Waals surface area contributed by atoms with Gasteiger partial charge in [0.05, 0.1) is 11.0 Å². The molecule has 1 aliphatic rings. The molecule has 8 nitrogen and oxygen atoms in total. The van der Waals surface area contributed by atoms with Gasteiger partial charge >= 0.3 is 11.9 Å². The SMILES string of the molecule is CC1(C)[C@@H](C(=O)N[C@@H](Cc2ccc(NC(=O)c3cc(Br)ccc3Br)cc2)C(=O)O)CC[C@@]1(C)C(=O)O. The Morgan fingerprint density at radius 1 is 1.03 bits per heavy atom. The lowest BCUT2D eigenvalue weighted by Gasteiger charge is -2.38. The molecule has 0 heterocycles. The lowest BCUT2D eigenvalue weighted by molar-refractivity contribution is -0.155. The molecule has 4 N–H and O–H groups in total. The van der Waals surface area contributed by atoms with Crippen LogP contribution in [0, 0.1) is 16.7 Å². The molecule has 0 radical (unpaired) electrons. The van der Waals surface area contributed by atoms with E-state index < -0.39 is 40.6 Å². The van der Waals surface area contributed by atoms with Crippen molar-refractivity contribution in [3.05, 3.63) is 62.5 Å². The lowest BCUT2D eigenvalue weighted by atomic mass is 9.65. The van der Waals surface area contributed by atoms with Gasteiger partial charge in [-0.05, 0) is 77.0 Å². The van der Waals surface area contributed by atoms with E-state index in [2.05, 4.69) is 42.5 Å². The minimum atomic E-state index is -1.18. The van der Waals surface area contributed by atoms with Gasteiger partial charge in [0.15, 0.2) is 0 Å². The predicted molar refractivity (Wildman–Crippen MR) is 142 cm³/mol. The van der Waals surface area contributed by atoms with E-state index in [1.54, 1.807) is 57.2 Å². The molecule has 0 saturated heterocycles. The Kier molecular flexibility index (Phi) is 8.30. The number of carbonyl (C=O) groups excluding carboxylic acids is 2. The van der Waals surface area contributed by atoms with Crippen LogP contribution in [0.3, 0.4) is 0 Å². The second-order valence-electron chi connectivity index (χ2n) is 9.83. The van der Waals surface area contributed by atoms with Crippen molar-refractivity contribution in [3.63, 3.8) is 0 Å². The molecule has 1 fully saturated rings. The zero-order valence-corrected chi connectivity index (χ0v) is 23.3. The van der Waals surface area contributed by atoms with Gasteiger partial charge in [0.2, 0.25) is 5.91 Å². The number of hydrogen-bond acceptors (Lipinski definition) is 4. The van der Waals surface area contributed by atoms with Crippen molar-refractivity contribution in [2.75, 3.05) is 5.32 Å². The average molecular weight is 624 g/mol. The number of hydrogen-bond donors (Lipinski definition) is 4. The Hall–Kier alpha value is -2.72. The van der Waals surface area contributed by atoms with Crippen LogP contribution in [0.2, 0.25) is 0 Å². The molecular weight excluding hydrogens is 596 g/mol. The first-order chi connectivity index (χ1) is 16.8. The minimum Gasteiger partial charge on any atom is -0.481 e. The predicted octanol–water partition coefficient (Wildman–Crippen LogP) is 5.10. The van der Waals surface area contributed by atoms with Crippen LogP contribution < -0.4 is 10.6 Å². The lowest BCUT2D eigenvalue weighted by Crippen LogP contribution is -2.49. The topological polar surface area (TPSA) is 133 Å². The second kappa shape index (κ2) is 10.7. The molecule has 2 aromatic rings. The highest BCUT2D eigenvalue weighted by molar-refractivity contribution is 9.11. The molecule has 1 aliphatic carbocycles. The number of aliphatic carboxylic acids is 2. The summed E-state index contributed by atoms with van der Waals surface area (Å²) in [5.74, 6) is -3.52. The molecule has 0 spiro atoms. The highest BCUT2D eigenvalue weighted by Gasteiger charge is 2.58. The third kappa shape index (κ3) is 5.64. The van der Waals surface area contributed by atoms with E-state index in [4.69, 9.17) is 0 Å². The van der Waals surface area contributed by atoms with Crippen LogP contribution >= 0.6 is 31.9 Å². The molecule has 0 aromatic heterocycles. The smallest absolute Gasteiger partial charge is 0.326 e. The molecule has 0 aliphatic heterocycles. The van der Waals surface area contributed by atoms with Crippen LogP contribution in [0.15, 0.2) is 51.4 Å². The zero-order chi connectivity index (χ0) is 26.8. The normalized spacial score (nSPS) is 21.4. The van der Waals surface area contributed by atoms with Crippen molar-refractivity contribution in [2.24, 2.45) is 16.7 Å². The molecule has 36 heavy (non-hydrogen) atoms. The quantitative estimate of drug-likeness (QED) is 0.323. The Labute approximate surface area is 226 Å². The molecule has 192 valence electrons. The van der Waals surface area contributed by atoms with E-state index in [1.807, 2.05) is 6.07 Å². The minimum absolute atomic E-state index is 0.0375. The van der Waals surface area contributed by atoms with Gasteiger partial charge in [0.25, 0.3) is 5.91 Å². The van der Waals surface area contributed by atoms with Gasteiger partial charge < -0.3 is 20.8 Å². The van der Waals surface area contributed by atoms with Gasteiger partial charge in [-0.25, -0.2) is 4.79 Å². The summed E-state index contributed by atoms with van der Waals surface area (Å²) in [4.78, 5) is 49.4. The number of carbonyl (C=O) groups is 4. The van der Waals surface area contributed by atoms with Gasteiger partial charge in [0, 0.05) is 27.0 Å². The van der Waals surface area contributed by atoms with E-state index in [0.717, 1.165) is 4.47 Å². The van der Waals surface area contributed by atoms with Crippen LogP contribution in [0.4, 0.5) is 5.69 Å². The van der Waals surface area contributed by atoms with Gasteiger partial charge in [-0.3, -0.25) is 14.4 Å². The van der Waals surface area contributed by atoms with E-state index >= 15 is 0 Å². The maximum absolute atomic E-state index is 13.0. The summed E-state index contributed by atoms with van der Waals surface area (Å²) in [6.07, 6.45) is 0.751. The monoisotopic (exact) mass is 622 g/mol. The molecule has 10 heteroatoms. The summed E-state index contributed by atoms with van der Waals surface area (Å²) in [7, 11) is 0. The van der Waals surface area contributed by atoms with Gasteiger partial charge in [-0.2, -0.15) is 0 Å². The molecular formula is C26H28Br2N2O6. The van der Waals surface area contributed by atoms with Crippen molar-refractivity contribution in [1.82, 2.24) is 5.32 Å². The first-order valence-corrected chi connectivity index (χ1v) is 13.0. The molecule has 3 atom stereocenters. The van der Waals surface area contributed by atoms with Crippen molar-refractivity contribution >= 4 is 61.3 Å². The number of carboxylic acid groups (broad SMARTS) is 2. The molecule has 2 amide bonds. The Bertz CT molecular complexity index is 1200. The van der Waals surface area contributed by atoms with Gasteiger partial charge in [-0.15, -0.1) is 0 Å². The number of amides is 2. The molecule has 0 bridgehead atoms. The van der Waals surface area contributed by atoms with Crippen LogP contribution in [0.25, 0.3) is 0 Å². The molecule has 3 rings (SSSR count). The van der Waals surface area contributed by atoms with Crippen molar-refractivity contribution < 1.29 is 29.4 Å². The number of halogens is 2. The highest BCUT2D eigenvalue weighted by atomic mass is 79.9. The van der Waals surface area contributed by atoms with Crippen molar-refractivity contribution in [3.8, 4) is 0 Å². The van der Waals surface area contributed by atoms with Gasteiger partial charge in [-0.1, -0.05) is 41.9 Å². The summed E-state index contributed by atoms with van der Waals surface area (Å²) in [5, 5.41) is 24.8. The number of rotatable bonds is 8. The van der Waals surface area contributed by atoms with Gasteiger partial charge in [0.1, 0.15) is 6.04 Å². The van der Waals surface area contributed by atoms with Crippen LogP contribution in [0.5, 0.6) is 0 Å². The Morgan fingerprint density at radius 3 is 2.22 bits per heavy atom. The molecule has 1 saturated carbocycles. The number of anilines is 1. The van der Waals surface area contributed by atoms with E-state index in [0.29, 0.717) is 34.1 Å². The summed E-state index contributed by atoms with van der Waals surface area (Å²) in [6, 6.07) is 10.8. The largest absolute Gasteiger partial charge is 0.481 e. The van der Waals surface area contributed by atoms with E-state index in [9.17, 15) is 29.4 Å². The van der Waals surface area contributed by atoms with Crippen LogP contribution in [-0.4, -0.2) is 40.0 Å². The fraction of sp³-hybridized carbons (Fsp3) is 0.385. The summed E-state index contributed by atoms with van der Waals surface area (Å²) < 4.78 is 1.41. The zero-order valence-electron chi connectivity index (χ0n) is 20.1. The highest BCUT2D eigenvalue weighted by Crippen LogP contribution is 2.56. The first kappa shape index (κ1) is 27.9. The third-order valence-corrected chi connectivity index (χ3v) is 8.64. The van der Waals surface area contributed by atoms with E-state index in [-0.39, 0.29) is 12.3 Å². The number of benzene rings is 2. The summed E-state index contributed by atoms with van der Waals surface area (Å²) in [5.41, 5.74) is -0.261. The Balaban J connectivity index is 1.67. The maximum atomic E-state index is 13.0. The first-order valence-electron chi connectivity index (χ1n) is 11.4. The molecule has 2 aromatic carbocycles. The Morgan fingerprint density at radius 2 is 1.67 bits per heavy atom. The fourth-order valence-electron chi connectivity index (χ4n) is 4.64. The summed E-state index contributed by atoms with van der Waals surface area (Å²) in [6.45, 7) is 5.12. The molecule has 0 unspecified atom stereocenters. The maximum Gasteiger partial charge on any atom is 0.326 e. The van der Waals surface area contributed by atoms with Crippen LogP contribution in [0.1, 0.15) is 49.5 Å².